The van der Waals surface area contributed by atoms with Gasteiger partial charge in [0.05, 0.1) is 25.4 Å². The van der Waals surface area contributed by atoms with Crippen molar-refractivity contribution >= 4 is 13.7 Å². The molecule has 3 atom stereocenters. The lowest BCUT2D eigenvalue weighted by molar-refractivity contribution is -0.123. The molecule has 5 N–H and O–H groups in total. The second-order valence-corrected chi connectivity index (χ2v) is 13.5. The van der Waals surface area contributed by atoms with Gasteiger partial charge in [0, 0.05) is 13.0 Å². The Hall–Kier alpha value is -0.760. The Balaban J connectivity index is 4.21. The first-order valence-electron chi connectivity index (χ1n) is 17.8. The van der Waals surface area contributed by atoms with Crippen molar-refractivity contribution in [3.05, 3.63) is 12.2 Å². The number of carbonyl (C=O) groups excluding carboxylic acids is 1. The van der Waals surface area contributed by atoms with Crippen molar-refractivity contribution in [2.75, 3.05) is 19.8 Å². The van der Waals surface area contributed by atoms with Crippen LogP contribution in [0.5, 0.6) is 0 Å². The van der Waals surface area contributed by atoms with Crippen molar-refractivity contribution in [1.29, 1.82) is 0 Å². The van der Waals surface area contributed by atoms with Crippen LogP contribution >= 0.6 is 7.82 Å². The molecule has 0 rings (SSSR count). The number of aliphatic hydroxyl groups excluding tert-OH is 1. The van der Waals surface area contributed by atoms with Gasteiger partial charge in [0.25, 0.3) is 0 Å². The number of phosphoric acid groups is 1. The third-order valence-corrected chi connectivity index (χ3v) is 8.85. The summed E-state index contributed by atoms with van der Waals surface area (Å²) in [7, 11) is -4.32. The third-order valence-electron chi connectivity index (χ3n) is 7.86. The van der Waals surface area contributed by atoms with Crippen molar-refractivity contribution in [3.8, 4) is 0 Å². The van der Waals surface area contributed by atoms with Gasteiger partial charge in [-0.05, 0) is 19.3 Å². The first kappa shape index (κ1) is 42.2. The van der Waals surface area contributed by atoms with E-state index in [0.29, 0.717) is 6.42 Å². The zero-order chi connectivity index (χ0) is 31.9. The topological polar surface area (TPSA) is 131 Å². The molecule has 0 aliphatic rings. The highest BCUT2D eigenvalue weighted by atomic mass is 31.2. The lowest BCUT2D eigenvalue weighted by Crippen LogP contribution is -2.45. The molecule has 256 valence electrons. The minimum atomic E-state index is -4.32. The van der Waals surface area contributed by atoms with E-state index in [2.05, 4.69) is 19.2 Å². The summed E-state index contributed by atoms with van der Waals surface area (Å²) >= 11 is 0. The van der Waals surface area contributed by atoms with Gasteiger partial charge in [-0.25, -0.2) is 4.57 Å². The van der Waals surface area contributed by atoms with Crippen LogP contribution in [0.3, 0.4) is 0 Å². The number of hydrogen-bond donors (Lipinski definition) is 4. The molecule has 0 aromatic rings. The molecule has 8 nitrogen and oxygen atoms in total. The van der Waals surface area contributed by atoms with Gasteiger partial charge in [0.2, 0.25) is 5.91 Å². The molecule has 0 aliphatic heterocycles. The van der Waals surface area contributed by atoms with Gasteiger partial charge in [0.1, 0.15) is 0 Å². The van der Waals surface area contributed by atoms with Gasteiger partial charge in [-0.2, -0.15) is 0 Å². The average molecular weight is 633 g/mol. The second kappa shape index (κ2) is 31.2. The van der Waals surface area contributed by atoms with Crippen molar-refractivity contribution < 1.29 is 28.4 Å². The third kappa shape index (κ3) is 29.7. The van der Waals surface area contributed by atoms with E-state index >= 15 is 0 Å². The molecule has 3 unspecified atom stereocenters. The van der Waals surface area contributed by atoms with Crippen molar-refractivity contribution in [1.82, 2.24) is 5.32 Å². The highest BCUT2D eigenvalue weighted by Gasteiger charge is 2.26. The van der Waals surface area contributed by atoms with E-state index < -0.39 is 20.0 Å². The van der Waals surface area contributed by atoms with Crippen LogP contribution < -0.4 is 11.1 Å². The zero-order valence-electron chi connectivity index (χ0n) is 28.0. The molecule has 0 bridgehead atoms. The first-order chi connectivity index (χ1) is 20.9. The highest BCUT2D eigenvalue weighted by Crippen LogP contribution is 2.43. The number of nitrogens with two attached hydrogens (primary N) is 1. The molecular formula is C34H69N2O6P. The molecule has 0 radical (unpaired) electrons. The van der Waals surface area contributed by atoms with Crippen LogP contribution in [0, 0.1) is 0 Å². The molecule has 0 aromatic carbocycles. The summed E-state index contributed by atoms with van der Waals surface area (Å²) in [4.78, 5) is 22.5. The van der Waals surface area contributed by atoms with Gasteiger partial charge in [-0.1, -0.05) is 154 Å². The monoisotopic (exact) mass is 632 g/mol. The number of unbranched alkanes of at least 4 members (excludes halogenated alkanes) is 21. The molecule has 0 aromatic heterocycles. The summed E-state index contributed by atoms with van der Waals surface area (Å²) in [5, 5.41) is 13.5. The highest BCUT2D eigenvalue weighted by molar-refractivity contribution is 7.47. The number of hydrogen-bond acceptors (Lipinski definition) is 6. The Labute approximate surface area is 265 Å². The fourth-order valence-electron chi connectivity index (χ4n) is 5.13. The number of phosphoric ester groups is 1. The summed E-state index contributed by atoms with van der Waals surface area (Å²) in [6.45, 7) is 4.08. The molecule has 43 heavy (non-hydrogen) atoms. The number of carbonyl (C=O) groups is 1. The van der Waals surface area contributed by atoms with E-state index in [1.54, 1.807) is 6.08 Å². The maximum atomic E-state index is 12.6. The van der Waals surface area contributed by atoms with Gasteiger partial charge in [-0.3, -0.25) is 13.8 Å². The normalized spacial score (nSPS) is 14.6. The maximum Gasteiger partial charge on any atom is 0.472 e. The van der Waals surface area contributed by atoms with E-state index in [0.717, 1.165) is 38.5 Å². The van der Waals surface area contributed by atoms with Crippen molar-refractivity contribution in [2.45, 2.75) is 180 Å². The predicted molar refractivity (Wildman–Crippen MR) is 180 cm³/mol. The summed E-state index contributed by atoms with van der Waals surface area (Å²) in [5.74, 6) is -0.196. The molecule has 0 aliphatic carbocycles. The average Bonchev–Trinajstić information content (AvgIpc) is 2.99. The van der Waals surface area contributed by atoms with Crippen LogP contribution in [0.15, 0.2) is 12.2 Å². The molecule has 0 saturated carbocycles. The number of amides is 1. The quantitative estimate of drug-likeness (QED) is 0.0323. The van der Waals surface area contributed by atoms with Gasteiger partial charge in [0.15, 0.2) is 0 Å². The standard InChI is InChI=1S/C34H69N2O6P/c1-3-5-7-9-11-13-14-15-16-17-18-19-20-22-24-26-28-34(38)36-32(31-42-43(39,40)41-30-29-35)33(37)27-25-23-21-12-10-8-6-4-2/h25,27,32-33,37H,3-24,26,28-31,35H2,1-2H3,(H,36,38)(H,39,40)/b27-25+. The van der Waals surface area contributed by atoms with E-state index in [1.165, 1.54) is 109 Å². The molecule has 0 spiro atoms. The predicted octanol–water partition coefficient (Wildman–Crippen LogP) is 8.88. The molecule has 0 heterocycles. The fourth-order valence-corrected chi connectivity index (χ4v) is 5.89. The minimum absolute atomic E-state index is 0.0805. The zero-order valence-corrected chi connectivity index (χ0v) is 28.8. The Morgan fingerprint density at radius 3 is 1.65 bits per heavy atom. The van der Waals surface area contributed by atoms with Crippen molar-refractivity contribution in [3.63, 3.8) is 0 Å². The molecule has 0 saturated heterocycles. The summed E-state index contributed by atoms with van der Waals surface area (Å²) in [6, 6.07) is -0.851. The SMILES string of the molecule is CCCCCCCC/C=C/C(O)C(COP(=O)(O)OCCN)NC(=O)CCCCCCCCCCCCCCCCCC. The van der Waals surface area contributed by atoms with Crippen LogP contribution in [-0.4, -0.2) is 47.8 Å². The Bertz CT molecular complexity index is 694. The van der Waals surface area contributed by atoms with Gasteiger partial charge >= 0.3 is 7.82 Å². The van der Waals surface area contributed by atoms with Crippen LogP contribution in [-0.2, 0) is 18.4 Å². The Kier molecular flexibility index (Phi) is 30.7. The van der Waals surface area contributed by atoms with E-state index in [-0.39, 0.29) is 25.7 Å². The smallest absolute Gasteiger partial charge is 0.387 e. The lowest BCUT2D eigenvalue weighted by Gasteiger charge is -2.23. The van der Waals surface area contributed by atoms with Crippen LogP contribution in [0.1, 0.15) is 168 Å². The summed E-state index contributed by atoms with van der Waals surface area (Å²) in [5.41, 5.74) is 5.33. The Morgan fingerprint density at radius 2 is 1.19 bits per heavy atom. The fraction of sp³-hybridized carbons (Fsp3) is 0.912. The van der Waals surface area contributed by atoms with E-state index in [9.17, 15) is 19.4 Å². The molecular weight excluding hydrogens is 563 g/mol. The number of allylic oxidation sites excluding steroid dienone is 1. The molecule has 9 heteroatoms. The maximum absolute atomic E-state index is 12.6. The van der Waals surface area contributed by atoms with E-state index in [1.807, 2.05) is 6.08 Å². The van der Waals surface area contributed by atoms with Crippen LogP contribution in [0.2, 0.25) is 0 Å². The summed E-state index contributed by atoms with van der Waals surface area (Å²) < 4.78 is 21.9. The minimum Gasteiger partial charge on any atom is -0.387 e. The van der Waals surface area contributed by atoms with Crippen LogP contribution in [0.4, 0.5) is 0 Å². The molecule has 1 amide bonds. The number of nitrogens with one attached hydrogen (secondary N) is 1. The lowest BCUT2D eigenvalue weighted by atomic mass is 10.0. The van der Waals surface area contributed by atoms with E-state index in [4.69, 9.17) is 14.8 Å². The largest absolute Gasteiger partial charge is 0.472 e. The molecule has 0 fully saturated rings. The van der Waals surface area contributed by atoms with Crippen molar-refractivity contribution in [2.24, 2.45) is 5.73 Å². The number of aliphatic hydroxyl groups is 1. The first-order valence-corrected chi connectivity index (χ1v) is 19.3. The van der Waals surface area contributed by atoms with Crippen LogP contribution in [0.25, 0.3) is 0 Å². The van der Waals surface area contributed by atoms with Gasteiger partial charge < -0.3 is 21.1 Å². The number of rotatable bonds is 33. The summed E-state index contributed by atoms with van der Waals surface area (Å²) in [6.07, 6.45) is 31.2. The Morgan fingerprint density at radius 1 is 0.744 bits per heavy atom. The van der Waals surface area contributed by atoms with Gasteiger partial charge in [-0.15, -0.1) is 0 Å². The second-order valence-electron chi connectivity index (χ2n) is 12.1.